The molecular weight excluding hydrogens is 580 g/mol. The van der Waals surface area contributed by atoms with Crippen molar-refractivity contribution < 1.29 is 34.3 Å². The van der Waals surface area contributed by atoms with Gasteiger partial charge in [0.15, 0.2) is 0 Å². The van der Waals surface area contributed by atoms with Gasteiger partial charge in [0.2, 0.25) is 6.29 Å². The lowest BCUT2D eigenvalue weighted by atomic mass is 9.80. The second-order valence-electron chi connectivity index (χ2n) is 11.4. The molecule has 46 heavy (non-hydrogen) atoms. The van der Waals surface area contributed by atoms with Gasteiger partial charge in [-0.3, -0.25) is 0 Å². The summed E-state index contributed by atoms with van der Waals surface area (Å²) in [5.74, 6) is 1.27. The molecule has 1 heterocycles. The Morgan fingerprint density at radius 2 is 1.13 bits per heavy atom. The third-order valence-electron chi connectivity index (χ3n) is 8.44. The first kappa shape index (κ1) is 31.5. The maximum Gasteiger partial charge on any atom is 0.229 e. The predicted molar refractivity (Wildman–Crippen MR) is 175 cm³/mol. The van der Waals surface area contributed by atoms with Gasteiger partial charge >= 0.3 is 0 Å². The molecule has 236 valence electrons. The van der Waals surface area contributed by atoms with Crippen LogP contribution in [0.15, 0.2) is 140 Å². The second kappa shape index (κ2) is 14.3. The number of ether oxygens (including phenoxy) is 4. The molecule has 0 saturated carbocycles. The summed E-state index contributed by atoms with van der Waals surface area (Å²) in [7, 11) is 1.63. The fourth-order valence-electron chi connectivity index (χ4n) is 5.98. The van der Waals surface area contributed by atoms with Crippen molar-refractivity contribution in [1.82, 2.24) is 0 Å². The molecule has 0 amide bonds. The van der Waals surface area contributed by atoms with Crippen molar-refractivity contribution in [2.45, 2.75) is 42.7 Å². The van der Waals surface area contributed by atoms with Gasteiger partial charge in [-0.05, 0) is 46.0 Å². The standard InChI is InChI=1S/C39H38O7/c1-43-32-23-21-27(22-24-32)25-28-13-11-12-20-33(28)45-38-37(42)36(41)35(40)34(46-38)26-44-39(29-14-5-2-6-15-29,30-16-7-3-8-17-30)31-18-9-4-10-19-31/h2-24,34-38,40-42H,25-26H2,1H3/t34-,35-,36+,37-,38-/m1/s1. The Kier molecular flexibility index (Phi) is 9.78. The highest BCUT2D eigenvalue weighted by molar-refractivity contribution is 5.47. The average Bonchev–Trinajstić information content (AvgIpc) is 3.12. The van der Waals surface area contributed by atoms with E-state index in [1.54, 1.807) is 13.2 Å². The third-order valence-corrected chi connectivity index (χ3v) is 8.44. The minimum absolute atomic E-state index is 0.114. The average molecular weight is 619 g/mol. The Morgan fingerprint density at radius 3 is 1.67 bits per heavy atom. The highest BCUT2D eigenvalue weighted by Crippen LogP contribution is 2.41. The maximum atomic E-state index is 11.1. The first-order valence-corrected chi connectivity index (χ1v) is 15.4. The van der Waals surface area contributed by atoms with E-state index in [1.807, 2.05) is 133 Å². The van der Waals surface area contributed by atoms with E-state index in [0.29, 0.717) is 12.2 Å². The summed E-state index contributed by atoms with van der Waals surface area (Å²) < 4.78 is 24.6. The van der Waals surface area contributed by atoms with Gasteiger partial charge in [-0.2, -0.15) is 0 Å². The number of para-hydroxylation sites is 1. The van der Waals surface area contributed by atoms with Crippen molar-refractivity contribution >= 4 is 0 Å². The van der Waals surface area contributed by atoms with Crippen molar-refractivity contribution in [1.29, 1.82) is 0 Å². The Hall–Kier alpha value is -4.50. The number of hydrogen-bond acceptors (Lipinski definition) is 7. The molecule has 6 rings (SSSR count). The van der Waals surface area contributed by atoms with E-state index in [-0.39, 0.29) is 6.61 Å². The van der Waals surface area contributed by atoms with Crippen LogP contribution in [0.3, 0.4) is 0 Å². The number of rotatable bonds is 11. The highest BCUT2D eigenvalue weighted by atomic mass is 16.7. The van der Waals surface area contributed by atoms with E-state index < -0.39 is 36.3 Å². The van der Waals surface area contributed by atoms with Gasteiger partial charge in [0.05, 0.1) is 13.7 Å². The Balaban J connectivity index is 1.28. The molecule has 3 N–H and O–H groups in total. The van der Waals surface area contributed by atoms with E-state index in [0.717, 1.165) is 33.6 Å². The molecule has 1 aliphatic heterocycles. The molecule has 7 nitrogen and oxygen atoms in total. The van der Waals surface area contributed by atoms with Crippen LogP contribution in [0.2, 0.25) is 0 Å². The summed E-state index contributed by atoms with van der Waals surface area (Å²) in [5, 5.41) is 33.1. The number of aliphatic hydroxyl groups excluding tert-OH is 3. The zero-order valence-corrected chi connectivity index (χ0v) is 25.6. The van der Waals surface area contributed by atoms with Gasteiger partial charge in [-0.1, -0.05) is 121 Å². The van der Waals surface area contributed by atoms with E-state index >= 15 is 0 Å². The molecule has 0 radical (unpaired) electrons. The van der Waals surface area contributed by atoms with E-state index in [4.69, 9.17) is 18.9 Å². The maximum absolute atomic E-state index is 11.1. The van der Waals surface area contributed by atoms with Crippen molar-refractivity contribution in [2.24, 2.45) is 0 Å². The van der Waals surface area contributed by atoms with Gasteiger partial charge in [0, 0.05) is 6.42 Å². The number of hydrogen-bond donors (Lipinski definition) is 3. The van der Waals surface area contributed by atoms with Gasteiger partial charge in [0.25, 0.3) is 0 Å². The van der Waals surface area contributed by atoms with Crippen molar-refractivity contribution in [3.05, 3.63) is 167 Å². The normalized spacial score (nSPS) is 21.4. The van der Waals surface area contributed by atoms with Crippen LogP contribution in [0.4, 0.5) is 0 Å². The molecule has 1 aliphatic rings. The zero-order valence-electron chi connectivity index (χ0n) is 25.6. The monoisotopic (exact) mass is 618 g/mol. The van der Waals surface area contributed by atoms with Gasteiger partial charge < -0.3 is 34.3 Å². The van der Waals surface area contributed by atoms with Gasteiger partial charge in [-0.25, -0.2) is 0 Å². The summed E-state index contributed by atoms with van der Waals surface area (Å²) >= 11 is 0. The lowest BCUT2D eigenvalue weighted by molar-refractivity contribution is -0.283. The van der Waals surface area contributed by atoms with Crippen molar-refractivity contribution in [3.8, 4) is 11.5 Å². The largest absolute Gasteiger partial charge is 0.497 e. The first-order valence-electron chi connectivity index (χ1n) is 15.4. The summed E-state index contributed by atoms with van der Waals surface area (Å²) in [6.45, 7) is -0.114. The van der Waals surface area contributed by atoms with E-state index in [9.17, 15) is 15.3 Å². The molecule has 1 fully saturated rings. The van der Waals surface area contributed by atoms with Crippen LogP contribution in [0, 0.1) is 0 Å². The van der Waals surface area contributed by atoms with Gasteiger partial charge in [-0.15, -0.1) is 0 Å². The Labute approximate surface area is 269 Å². The Bertz CT molecular complexity index is 1570. The number of methoxy groups -OCH3 is 1. The van der Waals surface area contributed by atoms with Crippen LogP contribution in [-0.4, -0.2) is 59.7 Å². The van der Waals surface area contributed by atoms with Crippen LogP contribution in [0.25, 0.3) is 0 Å². The lowest BCUT2D eigenvalue weighted by Gasteiger charge is -2.42. The fourth-order valence-corrected chi connectivity index (χ4v) is 5.98. The molecule has 0 bridgehead atoms. The summed E-state index contributed by atoms with van der Waals surface area (Å²) in [6, 6.07) is 44.8. The quantitative estimate of drug-likeness (QED) is 0.169. The molecule has 0 spiro atoms. The third kappa shape index (κ3) is 6.56. The number of benzene rings is 5. The topological polar surface area (TPSA) is 97.6 Å². The second-order valence-corrected chi connectivity index (χ2v) is 11.4. The van der Waals surface area contributed by atoms with Crippen LogP contribution >= 0.6 is 0 Å². The lowest BCUT2D eigenvalue weighted by Crippen LogP contribution is -2.60. The molecular formula is C39H38O7. The van der Waals surface area contributed by atoms with Crippen LogP contribution in [0.5, 0.6) is 11.5 Å². The summed E-state index contributed by atoms with van der Waals surface area (Å²) in [4.78, 5) is 0. The molecule has 1 saturated heterocycles. The highest BCUT2D eigenvalue weighted by Gasteiger charge is 2.47. The molecule has 0 aliphatic carbocycles. The molecule has 5 atom stereocenters. The first-order chi connectivity index (χ1) is 22.5. The van der Waals surface area contributed by atoms with Crippen LogP contribution in [-0.2, 0) is 21.5 Å². The molecule has 0 aromatic heterocycles. The van der Waals surface area contributed by atoms with Crippen molar-refractivity contribution in [3.63, 3.8) is 0 Å². The fraction of sp³-hybridized carbons (Fsp3) is 0.231. The van der Waals surface area contributed by atoms with Crippen molar-refractivity contribution in [2.75, 3.05) is 13.7 Å². The van der Waals surface area contributed by atoms with E-state index in [2.05, 4.69) is 0 Å². The van der Waals surface area contributed by atoms with Crippen LogP contribution in [0.1, 0.15) is 27.8 Å². The molecule has 5 aromatic carbocycles. The minimum atomic E-state index is -1.53. The predicted octanol–water partition coefficient (Wildman–Crippen LogP) is 5.48. The van der Waals surface area contributed by atoms with E-state index in [1.165, 1.54) is 0 Å². The SMILES string of the molecule is COc1ccc(Cc2ccccc2O[C@@H]2O[C@H](COC(c3ccccc3)(c3ccccc3)c3ccccc3)[C@@H](O)[C@H](O)[C@H]2O)cc1. The molecule has 0 unspecified atom stereocenters. The summed E-state index contributed by atoms with van der Waals surface area (Å²) in [6.07, 6.45) is -6.17. The molecule has 7 heteroatoms. The number of aliphatic hydroxyl groups is 3. The minimum Gasteiger partial charge on any atom is -0.497 e. The summed E-state index contributed by atoms with van der Waals surface area (Å²) in [5.41, 5.74) is 3.52. The van der Waals surface area contributed by atoms with Crippen LogP contribution < -0.4 is 9.47 Å². The Morgan fingerprint density at radius 1 is 0.609 bits per heavy atom. The zero-order chi connectivity index (χ0) is 31.9. The van der Waals surface area contributed by atoms with Gasteiger partial charge in [0.1, 0.15) is 41.5 Å². The smallest absolute Gasteiger partial charge is 0.229 e. The molecule has 5 aromatic rings.